The van der Waals surface area contributed by atoms with Crippen molar-refractivity contribution in [2.45, 2.75) is 4.90 Å². The minimum absolute atomic E-state index is 0.0839. The van der Waals surface area contributed by atoms with Crippen LogP contribution < -0.4 is 10.2 Å². The van der Waals surface area contributed by atoms with E-state index in [1.807, 2.05) is 0 Å². The van der Waals surface area contributed by atoms with Crippen molar-refractivity contribution in [3.05, 3.63) is 18.2 Å². The predicted molar refractivity (Wildman–Crippen MR) is 65.1 cm³/mol. The van der Waals surface area contributed by atoms with Crippen molar-refractivity contribution >= 4 is 21.5 Å². The number of hydrogen-bond donors (Lipinski definition) is 2. The summed E-state index contributed by atoms with van der Waals surface area (Å²) in [7, 11) is -3.03. The van der Waals surface area contributed by atoms with Crippen LogP contribution in [0.3, 0.4) is 0 Å². The summed E-state index contributed by atoms with van der Waals surface area (Å²) in [6.07, 6.45) is 0. The van der Waals surface area contributed by atoms with Crippen LogP contribution in [0.25, 0.3) is 0 Å². The lowest BCUT2D eigenvalue weighted by Crippen LogP contribution is -2.02. The Hall–Kier alpha value is -2.62. The van der Waals surface area contributed by atoms with Crippen LogP contribution in [-0.2, 0) is 10.1 Å². The summed E-state index contributed by atoms with van der Waals surface area (Å²) in [5.41, 5.74) is 1.96. The summed E-state index contributed by atoms with van der Waals surface area (Å²) in [6, 6.07) is 6.53. The number of nitrogens with zero attached hydrogens (tertiary/aromatic N) is 3. The van der Waals surface area contributed by atoms with E-state index in [1.54, 1.807) is 0 Å². The van der Waals surface area contributed by atoms with E-state index < -0.39 is 15.8 Å². The largest absolute Gasteiger partial charge is 0.495 e. The second-order valence-corrected chi connectivity index (χ2v) is 4.55. The van der Waals surface area contributed by atoms with Gasteiger partial charge in [0.2, 0.25) is 5.71 Å². The number of anilines is 1. The van der Waals surface area contributed by atoms with Crippen LogP contribution in [0, 0.1) is 22.7 Å². The molecule has 0 spiro atoms. The Bertz CT molecular complexity index is 681. The summed E-state index contributed by atoms with van der Waals surface area (Å²) in [4.78, 5) is -0.374. The van der Waals surface area contributed by atoms with Gasteiger partial charge in [-0.25, -0.2) is 0 Å². The molecule has 1 aromatic rings. The summed E-state index contributed by atoms with van der Waals surface area (Å²) in [5.74, 6) is 0.228. The number of nitrogens with one attached hydrogen (secondary N) is 1. The Morgan fingerprint density at radius 3 is 2.53 bits per heavy atom. The van der Waals surface area contributed by atoms with Crippen molar-refractivity contribution in [3.63, 3.8) is 0 Å². The molecule has 0 saturated heterocycles. The molecular formula is C10H8N4O4S. The third kappa shape index (κ3) is 3.67. The standard InChI is InChI=1S/C10H8N4O4S/c1-18-10-3-2-8(19(15,16)17)4-9(10)14-13-7(5-11)6-12/h2-4,14H,1H3,(H,15,16,17). The van der Waals surface area contributed by atoms with Gasteiger partial charge >= 0.3 is 0 Å². The van der Waals surface area contributed by atoms with E-state index in [0.717, 1.165) is 12.1 Å². The van der Waals surface area contributed by atoms with Crippen LogP contribution in [0.2, 0.25) is 0 Å². The molecule has 0 aliphatic heterocycles. The number of hydrazone groups is 1. The smallest absolute Gasteiger partial charge is 0.294 e. The van der Waals surface area contributed by atoms with Gasteiger partial charge in [0.1, 0.15) is 17.9 Å². The van der Waals surface area contributed by atoms with Crippen molar-refractivity contribution in [1.82, 2.24) is 0 Å². The maximum atomic E-state index is 11.0. The molecular weight excluding hydrogens is 272 g/mol. The molecule has 0 amide bonds. The fraction of sp³-hybridized carbons (Fsp3) is 0.100. The van der Waals surface area contributed by atoms with Gasteiger partial charge in [-0.05, 0) is 18.2 Å². The Labute approximate surface area is 109 Å². The van der Waals surface area contributed by atoms with Crippen LogP contribution in [0.4, 0.5) is 5.69 Å². The quantitative estimate of drug-likeness (QED) is 0.472. The van der Waals surface area contributed by atoms with E-state index in [-0.39, 0.29) is 16.3 Å². The van der Waals surface area contributed by atoms with Crippen LogP contribution in [0.15, 0.2) is 28.2 Å². The second kappa shape index (κ2) is 5.82. The van der Waals surface area contributed by atoms with Gasteiger partial charge in [0.05, 0.1) is 17.7 Å². The molecule has 1 rings (SSSR count). The Morgan fingerprint density at radius 2 is 2.05 bits per heavy atom. The molecule has 0 aromatic heterocycles. The summed E-state index contributed by atoms with van der Waals surface area (Å²) < 4.78 is 35.8. The lowest BCUT2D eigenvalue weighted by molar-refractivity contribution is 0.416. The summed E-state index contributed by atoms with van der Waals surface area (Å²) in [6.45, 7) is 0. The van der Waals surface area contributed by atoms with E-state index in [2.05, 4.69) is 10.5 Å². The molecule has 0 bridgehead atoms. The van der Waals surface area contributed by atoms with Gasteiger partial charge in [0.25, 0.3) is 10.1 Å². The highest BCUT2D eigenvalue weighted by Gasteiger charge is 2.13. The van der Waals surface area contributed by atoms with Gasteiger partial charge in [0, 0.05) is 0 Å². The maximum absolute atomic E-state index is 11.0. The van der Waals surface area contributed by atoms with Gasteiger partial charge in [0.15, 0.2) is 0 Å². The molecule has 0 saturated carbocycles. The molecule has 1 aromatic carbocycles. The van der Waals surface area contributed by atoms with Gasteiger partial charge < -0.3 is 4.74 Å². The SMILES string of the molecule is COc1ccc(S(=O)(=O)O)cc1NN=C(C#N)C#N. The normalized spacial score (nSPS) is 9.89. The fourth-order valence-electron chi connectivity index (χ4n) is 1.13. The molecule has 0 aliphatic carbocycles. The minimum atomic E-state index is -4.37. The minimum Gasteiger partial charge on any atom is -0.495 e. The van der Waals surface area contributed by atoms with Crippen molar-refractivity contribution in [2.24, 2.45) is 5.10 Å². The lowest BCUT2D eigenvalue weighted by atomic mass is 10.3. The topological polar surface area (TPSA) is 136 Å². The number of benzene rings is 1. The van der Waals surface area contributed by atoms with Crippen LogP contribution in [0.5, 0.6) is 5.75 Å². The van der Waals surface area contributed by atoms with Gasteiger partial charge in [-0.2, -0.15) is 24.0 Å². The highest BCUT2D eigenvalue weighted by atomic mass is 32.2. The molecule has 0 unspecified atom stereocenters. The zero-order valence-corrected chi connectivity index (χ0v) is 10.5. The van der Waals surface area contributed by atoms with Gasteiger partial charge in [-0.3, -0.25) is 9.98 Å². The molecule has 2 N–H and O–H groups in total. The van der Waals surface area contributed by atoms with Crippen molar-refractivity contribution in [2.75, 3.05) is 12.5 Å². The molecule has 98 valence electrons. The van der Waals surface area contributed by atoms with Crippen molar-refractivity contribution < 1.29 is 17.7 Å². The van der Waals surface area contributed by atoms with E-state index in [4.69, 9.17) is 19.8 Å². The molecule has 8 nitrogen and oxygen atoms in total. The molecule has 0 aliphatic rings. The lowest BCUT2D eigenvalue weighted by Gasteiger charge is -2.08. The number of nitriles is 2. The Balaban J connectivity index is 3.23. The first-order valence-electron chi connectivity index (χ1n) is 4.71. The first kappa shape index (κ1) is 14.4. The van der Waals surface area contributed by atoms with Crippen molar-refractivity contribution in [1.29, 1.82) is 10.5 Å². The van der Waals surface area contributed by atoms with Crippen LogP contribution in [-0.4, -0.2) is 25.8 Å². The number of rotatable bonds is 4. The second-order valence-electron chi connectivity index (χ2n) is 3.13. The maximum Gasteiger partial charge on any atom is 0.294 e. The van der Waals surface area contributed by atoms with Crippen LogP contribution >= 0.6 is 0 Å². The zero-order chi connectivity index (χ0) is 14.5. The number of ether oxygens (including phenoxy) is 1. The van der Waals surface area contributed by atoms with E-state index in [9.17, 15) is 8.42 Å². The Morgan fingerprint density at radius 1 is 1.42 bits per heavy atom. The van der Waals surface area contributed by atoms with Crippen molar-refractivity contribution in [3.8, 4) is 17.9 Å². The van der Waals surface area contributed by atoms with Gasteiger partial charge in [-0.1, -0.05) is 0 Å². The van der Waals surface area contributed by atoms with E-state index >= 15 is 0 Å². The molecule has 0 radical (unpaired) electrons. The highest BCUT2D eigenvalue weighted by molar-refractivity contribution is 7.85. The molecule has 0 fully saturated rings. The third-order valence-electron chi connectivity index (χ3n) is 1.97. The van der Waals surface area contributed by atoms with Gasteiger partial charge in [-0.15, -0.1) is 0 Å². The average molecular weight is 280 g/mol. The first-order chi connectivity index (χ1) is 8.92. The predicted octanol–water partition coefficient (Wildman–Crippen LogP) is 0.757. The summed E-state index contributed by atoms with van der Waals surface area (Å²) in [5, 5.41) is 20.5. The third-order valence-corrected chi connectivity index (χ3v) is 2.82. The monoisotopic (exact) mass is 280 g/mol. The molecule has 0 heterocycles. The zero-order valence-electron chi connectivity index (χ0n) is 9.65. The molecule has 0 atom stereocenters. The average Bonchev–Trinajstić information content (AvgIpc) is 2.38. The van der Waals surface area contributed by atoms with E-state index in [1.165, 1.54) is 25.3 Å². The Kier molecular flexibility index (Phi) is 4.42. The highest BCUT2D eigenvalue weighted by Crippen LogP contribution is 2.27. The first-order valence-corrected chi connectivity index (χ1v) is 6.15. The number of methoxy groups -OCH3 is 1. The summed E-state index contributed by atoms with van der Waals surface area (Å²) >= 11 is 0. The van der Waals surface area contributed by atoms with E-state index in [0.29, 0.717) is 0 Å². The van der Waals surface area contributed by atoms with Crippen LogP contribution in [0.1, 0.15) is 0 Å². The molecule has 9 heteroatoms. The number of hydrogen-bond acceptors (Lipinski definition) is 7. The fourth-order valence-corrected chi connectivity index (χ4v) is 1.63. The molecule has 19 heavy (non-hydrogen) atoms.